The van der Waals surface area contributed by atoms with Gasteiger partial charge in [-0.05, 0) is 24.0 Å². The summed E-state index contributed by atoms with van der Waals surface area (Å²) in [6, 6.07) is 16.9. The Labute approximate surface area is 194 Å². The highest BCUT2D eigenvalue weighted by Gasteiger charge is 2.71. The van der Waals surface area contributed by atoms with Crippen LogP contribution in [-0.2, 0) is 26.5 Å². The van der Waals surface area contributed by atoms with E-state index in [0.29, 0.717) is 18.9 Å². The fourth-order valence-corrected chi connectivity index (χ4v) is 5.95. The second kappa shape index (κ2) is 7.96. The van der Waals surface area contributed by atoms with Crippen molar-refractivity contribution >= 4 is 23.4 Å². The highest BCUT2D eigenvalue weighted by Crippen LogP contribution is 2.55. The number of benzene rings is 2. The van der Waals surface area contributed by atoms with Crippen molar-refractivity contribution in [2.45, 2.75) is 38.4 Å². The Kier molecular flexibility index (Phi) is 5.20. The molecule has 3 heterocycles. The van der Waals surface area contributed by atoms with Crippen molar-refractivity contribution in [2.24, 2.45) is 17.8 Å². The van der Waals surface area contributed by atoms with Gasteiger partial charge in [0.2, 0.25) is 11.8 Å². The first-order chi connectivity index (χ1) is 15.9. The number of amides is 3. The van der Waals surface area contributed by atoms with Crippen LogP contribution in [0.2, 0.25) is 0 Å². The van der Waals surface area contributed by atoms with Gasteiger partial charge in [0.15, 0.2) is 0 Å². The minimum absolute atomic E-state index is 0.174. The summed E-state index contributed by atoms with van der Waals surface area (Å²) in [5.41, 5.74) is 1.22. The minimum atomic E-state index is -1.23. The van der Waals surface area contributed by atoms with Crippen molar-refractivity contribution in [1.82, 2.24) is 10.2 Å². The van der Waals surface area contributed by atoms with Gasteiger partial charge in [-0.3, -0.25) is 24.6 Å². The average Bonchev–Trinajstić information content (AvgIpc) is 3.35. The molecule has 2 aromatic carbocycles. The number of hydrogen-bond acceptors (Lipinski definition) is 4. The first-order valence-corrected chi connectivity index (χ1v) is 11.6. The van der Waals surface area contributed by atoms with Crippen LogP contribution < -0.4 is 10.2 Å². The molecule has 0 aromatic heterocycles. The third-order valence-electron chi connectivity index (χ3n) is 7.18. The molecule has 3 aliphatic heterocycles. The minimum Gasteiger partial charge on any atom is -0.306 e. The van der Waals surface area contributed by atoms with Gasteiger partial charge in [0.05, 0.1) is 18.4 Å². The summed E-state index contributed by atoms with van der Waals surface area (Å²) < 4.78 is 0. The highest BCUT2D eigenvalue weighted by molar-refractivity contribution is 6.16. The van der Waals surface area contributed by atoms with Gasteiger partial charge in [-0.15, -0.1) is 6.58 Å². The van der Waals surface area contributed by atoms with E-state index in [4.69, 9.17) is 0 Å². The molecule has 6 heteroatoms. The zero-order valence-electron chi connectivity index (χ0n) is 19.0. The van der Waals surface area contributed by atoms with Crippen molar-refractivity contribution in [3.63, 3.8) is 0 Å². The van der Waals surface area contributed by atoms with Crippen LogP contribution in [0.1, 0.15) is 31.4 Å². The molecule has 2 saturated heterocycles. The maximum atomic E-state index is 14.0. The molecule has 1 spiro atoms. The second-order valence-electron chi connectivity index (χ2n) is 9.66. The SMILES string of the molecule is C=CCN1C(=O)[C@]2(N[C@@H](CC(C)C)[C@@H]3C(=O)N(Cc4ccccc4)C(=O)[C@H]32)c2ccccc21. The van der Waals surface area contributed by atoms with E-state index in [1.54, 1.807) is 11.0 Å². The van der Waals surface area contributed by atoms with Crippen molar-refractivity contribution in [3.05, 3.63) is 78.4 Å². The number of likely N-dealkylation sites (tertiary alicyclic amines) is 1. The smallest absolute Gasteiger partial charge is 0.253 e. The molecule has 4 atom stereocenters. The normalized spacial score (nSPS) is 28.2. The first kappa shape index (κ1) is 21.6. The molecule has 33 heavy (non-hydrogen) atoms. The van der Waals surface area contributed by atoms with Gasteiger partial charge in [0.25, 0.3) is 5.91 Å². The van der Waals surface area contributed by atoms with E-state index in [1.165, 1.54) is 4.90 Å². The van der Waals surface area contributed by atoms with Crippen molar-refractivity contribution in [1.29, 1.82) is 0 Å². The van der Waals surface area contributed by atoms with Crippen LogP contribution in [0.5, 0.6) is 0 Å². The fourth-order valence-electron chi connectivity index (χ4n) is 5.95. The van der Waals surface area contributed by atoms with Gasteiger partial charge in [-0.25, -0.2) is 0 Å². The van der Waals surface area contributed by atoms with Crippen LogP contribution in [0.15, 0.2) is 67.3 Å². The summed E-state index contributed by atoms with van der Waals surface area (Å²) in [6.07, 6.45) is 2.40. The van der Waals surface area contributed by atoms with E-state index in [0.717, 1.165) is 16.8 Å². The summed E-state index contributed by atoms with van der Waals surface area (Å²) in [7, 11) is 0. The third kappa shape index (κ3) is 3.08. The molecular formula is C27H29N3O3. The summed E-state index contributed by atoms with van der Waals surface area (Å²) in [5.74, 6) is -1.65. The van der Waals surface area contributed by atoms with Gasteiger partial charge >= 0.3 is 0 Å². The lowest BCUT2D eigenvalue weighted by Gasteiger charge is -2.31. The van der Waals surface area contributed by atoms with Crippen LogP contribution in [-0.4, -0.2) is 35.2 Å². The highest BCUT2D eigenvalue weighted by atomic mass is 16.2. The number of rotatable bonds is 6. The zero-order chi connectivity index (χ0) is 23.3. The van der Waals surface area contributed by atoms with Crippen LogP contribution in [0.3, 0.4) is 0 Å². The molecule has 0 radical (unpaired) electrons. The quantitative estimate of drug-likeness (QED) is 0.550. The largest absolute Gasteiger partial charge is 0.306 e. The predicted molar refractivity (Wildman–Crippen MR) is 126 cm³/mol. The fraction of sp³-hybridized carbons (Fsp3) is 0.370. The molecule has 170 valence electrons. The Morgan fingerprint density at radius 3 is 2.39 bits per heavy atom. The Morgan fingerprint density at radius 2 is 1.70 bits per heavy atom. The Bertz CT molecular complexity index is 1130. The van der Waals surface area contributed by atoms with Gasteiger partial charge in [-0.2, -0.15) is 0 Å². The second-order valence-corrected chi connectivity index (χ2v) is 9.66. The zero-order valence-corrected chi connectivity index (χ0v) is 19.0. The lowest BCUT2D eigenvalue weighted by atomic mass is 9.76. The number of fused-ring (bicyclic) bond motifs is 4. The number of nitrogens with one attached hydrogen (secondary N) is 1. The van der Waals surface area contributed by atoms with Crippen molar-refractivity contribution < 1.29 is 14.4 Å². The number of anilines is 1. The van der Waals surface area contributed by atoms with E-state index in [1.807, 2.05) is 54.6 Å². The third-order valence-corrected chi connectivity index (χ3v) is 7.18. The van der Waals surface area contributed by atoms with Gasteiger partial charge in [-0.1, -0.05) is 68.5 Å². The first-order valence-electron chi connectivity index (χ1n) is 11.6. The molecule has 2 fully saturated rings. The number of imide groups is 1. The van der Waals surface area contributed by atoms with Crippen LogP contribution in [0, 0.1) is 17.8 Å². The molecule has 3 aliphatic rings. The summed E-state index contributed by atoms with van der Waals surface area (Å²) in [5, 5.41) is 3.55. The topological polar surface area (TPSA) is 69.7 Å². The van der Waals surface area contributed by atoms with Crippen molar-refractivity contribution in [2.75, 3.05) is 11.4 Å². The summed E-state index contributed by atoms with van der Waals surface area (Å²) in [4.78, 5) is 44.6. The lowest BCUT2D eigenvalue weighted by molar-refractivity contribution is -0.143. The molecule has 0 unspecified atom stereocenters. The maximum absolute atomic E-state index is 14.0. The molecule has 3 amide bonds. The molecule has 0 saturated carbocycles. The molecular weight excluding hydrogens is 414 g/mol. The molecule has 5 rings (SSSR count). The van der Waals surface area contributed by atoms with E-state index < -0.39 is 17.4 Å². The monoisotopic (exact) mass is 443 g/mol. The van der Waals surface area contributed by atoms with Gasteiger partial charge < -0.3 is 4.90 Å². The maximum Gasteiger partial charge on any atom is 0.253 e. The Morgan fingerprint density at radius 1 is 1.00 bits per heavy atom. The summed E-state index contributed by atoms with van der Waals surface area (Å²) in [6.45, 7) is 8.58. The Balaban J connectivity index is 1.63. The Hall–Kier alpha value is -3.25. The lowest BCUT2D eigenvalue weighted by Crippen LogP contribution is -2.55. The number of carbonyl (C=O) groups is 3. The van der Waals surface area contributed by atoms with Crippen LogP contribution >= 0.6 is 0 Å². The molecule has 0 bridgehead atoms. The van der Waals surface area contributed by atoms with E-state index in [-0.39, 0.29) is 30.3 Å². The molecule has 6 nitrogen and oxygen atoms in total. The van der Waals surface area contributed by atoms with Crippen molar-refractivity contribution in [3.8, 4) is 0 Å². The van der Waals surface area contributed by atoms with Gasteiger partial charge in [0, 0.05) is 23.8 Å². The van der Waals surface area contributed by atoms with Gasteiger partial charge in [0.1, 0.15) is 5.54 Å². The molecule has 0 aliphatic carbocycles. The predicted octanol–water partition coefficient (Wildman–Crippen LogP) is 3.23. The average molecular weight is 444 g/mol. The van der Waals surface area contributed by atoms with E-state index in [9.17, 15) is 14.4 Å². The summed E-state index contributed by atoms with van der Waals surface area (Å²) >= 11 is 0. The standard InChI is InChI=1S/C27H29N3O3/c1-4-14-29-21-13-9-8-12-19(21)27(26(29)33)23-22(20(28-27)15-17(2)3)24(31)30(25(23)32)16-18-10-6-5-7-11-18/h4-13,17,20,22-23,28H,1,14-16H2,2-3H3/t20-,22-,23-,27-/m0/s1. The number of hydrogen-bond donors (Lipinski definition) is 1. The van der Waals surface area contributed by atoms with Crippen LogP contribution in [0.25, 0.3) is 0 Å². The molecule has 1 N–H and O–H groups in total. The van der Waals surface area contributed by atoms with E-state index >= 15 is 0 Å². The van der Waals surface area contributed by atoms with E-state index in [2.05, 4.69) is 25.7 Å². The molecule has 2 aromatic rings. The number of para-hydroxylation sites is 1. The number of nitrogens with zero attached hydrogens (tertiary/aromatic N) is 2. The van der Waals surface area contributed by atoms with Crippen LogP contribution in [0.4, 0.5) is 5.69 Å². The number of carbonyl (C=O) groups excluding carboxylic acids is 3.